The Morgan fingerprint density at radius 2 is 1.88 bits per heavy atom. The molecule has 3 amide bonds. The Balaban J connectivity index is 1.61. The first kappa shape index (κ1) is 17.0. The molecule has 0 unspecified atom stereocenters. The molecular formula is C19H22N4O2. The molecule has 1 aliphatic rings. The lowest BCUT2D eigenvalue weighted by atomic mass is 10.1. The van der Waals surface area contributed by atoms with Crippen LogP contribution in [0.3, 0.4) is 0 Å². The molecule has 2 heterocycles. The molecule has 0 radical (unpaired) electrons. The van der Waals surface area contributed by atoms with Gasteiger partial charge in [0.15, 0.2) is 0 Å². The number of hydrogen-bond acceptors (Lipinski definition) is 3. The molecule has 1 aromatic carbocycles. The summed E-state index contributed by atoms with van der Waals surface area (Å²) in [6.07, 6.45) is 3.96. The highest BCUT2D eigenvalue weighted by molar-refractivity contribution is 6.01. The summed E-state index contributed by atoms with van der Waals surface area (Å²) in [5.41, 5.74) is 1.82. The number of carbonyl (C=O) groups excluding carboxylic acids is 2. The molecule has 3 rings (SSSR count). The van der Waals surface area contributed by atoms with Crippen molar-refractivity contribution < 1.29 is 9.59 Å². The standard InChI is InChI=1S/C19H22N4O2/c1-13-12-17(18(24)23(13)16-6-4-3-5-7-16)22-19(25)21-14(2)15-8-10-20-11-9-15/h3-11,13-14,17H,12H2,1-2H3,(H2,21,22,25)/t13-,14+,17-/m1/s1. The van der Waals surface area contributed by atoms with Gasteiger partial charge in [0, 0.05) is 24.1 Å². The molecule has 0 aliphatic carbocycles. The third-order valence-electron chi connectivity index (χ3n) is 4.45. The van der Waals surface area contributed by atoms with Gasteiger partial charge in [-0.3, -0.25) is 9.78 Å². The Labute approximate surface area is 147 Å². The summed E-state index contributed by atoms with van der Waals surface area (Å²) in [5.74, 6) is -0.0783. The summed E-state index contributed by atoms with van der Waals surface area (Å²) >= 11 is 0. The number of carbonyl (C=O) groups is 2. The van der Waals surface area contributed by atoms with Gasteiger partial charge in [-0.2, -0.15) is 0 Å². The van der Waals surface area contributed by atoms with Gasteiger partial charge in [0.1, 0.15) is 6.04 Å². The Morgan fingerprint density at radius 1 is 1.20 bits per heavy atom. The van der Waals surface area contributed by atoms with E-state index < -0.39 is 6.04 Å². The summed E-state index contributed by atoms with van der Waals surface area (Å²) < 4.78 is 0. The van der Waals surface area contributed by atoms with Gasteiger partial charge in [-0.15, -0.1) is 0 Å². The van der Waals surface area contributed by atoms with Crippen molar-refractivity contribution in [3.05, 3.63) is 60.4 Å². The zero-order valence-electron chi connectivity index (χ0n) is 14.3. The van der Waals surface area contributed by atoms with Gasteiger partial charge in [0.05, 0.1) is 6.04 Å². The number of nitrogens with zero attached hydrogens (tertiary/aromatic N) is 2. The van der Waals surface area contributed by atoms with E-state index in [1.807, 2.05) is 56.3 Å². The maximum absolute atomic E-state index is 12.7. The van der Waals surface area contributed by atoms with Crippen LogP contribution in [0.5, 0.6) is 0 Å². The third kappa shape index (κ3) is 3.79. The van der Waals surface area contributed by atoms with Crippen LogP contribution in [0.25, 0.3) is 0 Å². The number of anilines is 1. The first-order valence-electron chi connectivity index (χ1n) is 8.41. The summed E-state index contributed by atoms with van der Waals surface area (Å²) in [4.78, 5) is 30.7. The van der Waals surface area contributed by atoms with E-state index >= 15 is 0 Å². The van der Waals surface area contributed by atoms with E-state index in [0.717, 1.165) is 11.3 Å². The van der Waals surface area contributed by atoms with E-state index in [2.05, 4.69) is 15.6 Å². The molecule has 0 spiro atoms. The topological polar surface area (TPSA) is 74.3 Å². The molecule has 130 valence electrons. The second kappa shape index (κ2) is 7.34. The van der Waals surface area contributed by atoms with Crippen molar-refractivity contribution in [1.29, 1.82) is 0 Å². The van der Waals surface area contributed by atoms with Crippen molar-refractivity contribution in [1.82, 2.24) is 15.6 Å². The Kier molecular flexibility index (Phi) is 4.97. The summed E-state index contributed by atoms with van der Waals surface area (Å²) in [7, 11) is 0. The Morgan fingerprint density at radius 3 is 2.56 bits per heavy atom. The van der Waals surface area contributed by atoms with Crippen LogP contribution < -0.4 is 15.5 Å². The number of benzene rings is 1. The van der Waals surface area contributed by atoms with E-state index in [0.29, 0.717) is 6.42 Å². The van der Waals surface area contributed by atoms with E-state index in [4.69, 9.17) is 0 Å². The number of aromatic nitrogens is 1. The number of rotatable bonds is 4. The number of amides is 3. The third-order valence-corrected chi connectivity index (χ3v) is 4.45. The smallest absolute Gasteiger partial charge is 0.315 e. The minimum atomic E-state index is -0.514. The van der Waals surface area contributed by atoms with Gasteiger partial charge < -0.3 is 15.5 Å². The highest BCUT2D eigenvalue weighted by atomic mass is 16.2. The Bertz CT molecular complexity index is 736. The largest absolute Gasteiger partial charge is 0.332 e. The number of hydrogen-bond donors (Lipinski definition) is 2. The van der Waals surface area contributed by atoms with Crippen LogP contribution in [0.4, 0.5) is 10.5 Å². The molecule has 0 bridgehead atoms. The lowest BCUT2D eigenvalue weighted by molar-refractivity contribution is -0.118. The minimum Gasteiger partial charge on any atom is -0.332 e. The fraction of sp³-hybridized carbons (Fsp3) is 0.316. The van der Waals surface area contributed by atoms with Crippen molar-refractivity contribution in [2.75, 3.05) is 4.90 Å². The molecule has 0 saturated carbocycles. The van der Waals surface area contributed by atoms with Crippen molar-refractivity contribution in [3.8, 4) is 0 Å². The summed E-state index contributed by atoms with van der Waals surface area (Å²) in [6, 6.07) is 12.3. The fourth-order valence-corrected chi connectivity index (χ4v) is 3.16. The number of urea groups is 1. The number of para-hydroxylation sites is 1. The average Bonchev–Trinajstić information content (AvgIpc) is 2.89. The van der Waals surface area contributed by atoms with Crippen molar-refractivity contribution >= 4 is 17.6 Å². The molecule has 2 N–H and O–H groups in total. The highest BCUT2D eigenvalue weighted by Crippen LogP contribution is 2.26. The molecule has 3 atom stereocenters. The fourth-order valence-electron chi connectivity index (χ4n) is 3.16. The normalized spacial score (nSPS) is 21.0. The zero-order chi connectivity index (χ0) is 17.8. The van der Waals surface area contributed by atoms with Crippen LogP contribution in [-0.2, 0) is 4.79 Å². The van der Waals surface area contributed by atoms with Crippen molar-refractivity contribution in [2.45, 2.75) is 38.4 Å². The van der Waals surface area contributed by atoms with Crippen LogP contribution in [0.1, 0.15) is 31.9 Å². The van der Waals surface area contributed by atoms with Crippen LogP contribution >= 0.6 is 0 Å². The Hall–Kier alpha value is -2.89. The second-order valence-corrected chi connectivity index (χ2v) is 6.30. The molecule has 6 heteroatoms. The lowest BCUT2D eigenvalue weighted by Gasteiger charge is -2.21. The number of nitrogens with one attached hydrogen (secondary N) is 2. The van der Waals surface area contributed by atoms with Gasteiger partial charge in [-0.05, 0) is 50.1 Å². The van der Waals surface area contributed by atoms with Gasteiger partial charge in [0.2, 0.25) is 5.91 Å². The van der Waals surface area contributed by atoms with Crippen molar-refractivity contribution in [2.24, 2.45) is 0 Å². The molecule has 2 aromatic rings. The molecule has 1 saturated heterocycles. The zero-order valence-corrected chi connectivity index (χ0v) is 14.3. The minimum absolute atomic E-state index is 0.0396. The monoisotopic (exact) mass is 338 g/mol. The van der Waals surface area contributed by atoms with Gasteiger partial charge in [-0.1, -0.05) is 18.2 Å². The lowest BCUT2D eigenvalue weighted by Crippen LogP contribution is -2.46. The number of pyridine rings is 1. The van der Waals surface area contributed by atoms with Crippen LogP contribution in [0.2, 0.25) is 0 Å². The first-order valence-corrected chi connectivity index (χ1v) is 8.41. The van der Waals surface area contributed by atoms with Crippen LogP contribution in [0, 0.1) is 0 Å². The maximum Gasteiger partial charge on any atom is 0.315 e. The second-order valence-electron chi connectivity index (χ2n) is 6.30. The van der Waals surface area contributed by atoms with Gasteiger partial charge in [-0.25, -0.2) is 4.79 Å². The quantitative estimate of drug-likeness (QED) is 0.900. The highest BCUT2D eigenvalue weighted by Gasteiger charge is 2.38. The van der Waals surface area contributed by atoms with Gasteiger partial charge >= 0.3 is 6.03 Å². The average molecular weight is 338 g/mol. The van der Waals surface area contributed by atoms with E-state index in [1.54, 1.807) is 17.3 Å². The molecule has 6 nitrogen and oxygen atoms in total. The first-order chi connectivity index (χ1) is 12.1. The van der Waals surface area contributed by atoms with E-state index in [-0.39, 0.29) is 24.0 Å². The van der Waals surface area contributed by atoms with Crippen LogP contribution in [0.15, 0.2) is 54.9 Å². The predicted octanol–water partition coefficient (Wildman–Crippen LogP) is 2.64. The van der Waals surface area contributed by atoms with E-state index in [1.165, 1.54) is 0 Å². The molecular weight excluding hydrogens is 316 g/mol. The molecule has 1 aliphatic heterocycles. The molecule has 25 heavy (non-hydrogen) atoms. The summed E-state index contributed by atoms with van der Waals surface area (Å²) in [6.45, 7) is 3.88. The predicted molar refractivity (Wildman–Crippen MR) is 96.1 cm³/mol. The van der Waals surface area contributed by atoms with Gasteiger partial charge in [0.25, 0.3) is 0 Å². The maximum atomic E-state index is 12.7. The SMILES string of the molecule is C[C@H](NC(=O)N[C@@H]1C[C@@H](C)N(c2ccccc2)C1=O)c1ccncc1. The molecule has 1 aromatic heterocycles. The van der Waals surface area contributed by atoms with Crippen LogP contribution in [-0.4, -0.2) is 29.0 Å². The molecule has 1 fully saturated rings. The summed E-state index contributed by atoms with van der Waals surface area (Å²) in [5, 5.41) is 5.67. The van der Waals surface area contributed by atoms with E-state index in [9.17, 15) is 9.59 Å². The van der Waals surface area contributed by atoms with Crippen molar-refractivity contribution in [3.63, 3.8) is 0 Å².